The molecular weight excluding hydrogens is 661 g/mol. The fraction of sp³-hybridized carbons (Fsp3) is 0.164. The predicted octanol–water partition coefficient (Wildman–Crippen LogP) is 14.8. The topological polar surface area (TPSA) is 0 Å². The average Bonchev–Trinajstić information content (AvgIpc) is 3.58. The van der Waals surface area contributed by atoms with Gasteiger partial charge in [-0.3, -0.25) is 0 Å². The van der Waals surface area contributed by atoms with Gasteiger partial charge in [0.2, 0.25) is 0 Å². The number of benzene rings is 9. The van der Waals surface area contributed by atoms with Gasteiger partial charge in [-0.2, -0.15) is 0 Å². The van der Waals surface area contributed by atoms with Crippen molar-refractivity contribution in [3.05, 3.63) is 179 Å². The van der Waals surface area contributed by atoms with E-state index in [1.54, 1.807) is 0 Å². The van der Waals surface area contributed by atoms with Gasteiger partial charge in [0.1, 0.15) is 0 Å². The number of rotatable bonds is 2. The highest BCUT2D eigenvalue weighted by molar-refractivity contribution is 6.29. The van der Waals surface area contributed by atoms with Crippen molar-refractivity contribution in [2.45, 2.75) is 57.8 Å². The van der Waals surface area contributed by atoms with Crippen LogP contribution in [0.25, 0.3) is 88.0 Å². The number of fused-ring (bicyclic) bond motifs is 8. The van der Waals surface area contributed by atoms with Crippen molar-refractivity contribution in [3.63, 3.8) is 0 Å². The first-order valence-corrected chi connectivity index (χ1v) is 19.9. The molecule has 3 aliphatic rings. The molecule has 0 nitrogen and oxygen atoms in total. The Bertz CT molecular complexity index is 3160. The Morgan fingerprint density at radius 3 is 1.47 bits per heavy atom. The quantitative estimate of drug-likeness (QED) is 0.157. The van der Waals surface area contributed by atoms with Gasteiger partial charge < -0.3 is 0 Å². The van der Waals surface area contributed by atoms with Gasteiger partial charge in [0, 0.05) is 16.2 Å². The van der Waals surface area contributed by atoms with E-state index in [0.717, 1.165) is 0 Å². The predicted molar refractivity (Wildman–Crippen MR) is 234 cm³/mol. The molecule has 0 aliphatic heterocycles. The van der Waals surface area contributed by atoms with Crippen LogP contribution in [0.15, 0.2) is 146 Å². The summed E-state index contributed by atoms with van der Waals surface area (Å²) in [6.45, 7) is 14.3. The molecule has 0 bridgehead atoms. The second-order valence-electron chi connectivity index (χ2n) is 18.1. The molecule has 9 aromatic carbocycles. The molecule has 0 atom stereocenters. The lowest BCUT2D eigenvalue weighted by Gasteiger charge is -2.36. The van der Waals surface area contributed by atoms with Gasteiger partial charge in [-0.05, 0) is 146 Å². The van der Waals surface area contributed by atoms with E-state index in [4.69, 9.17) is 0 Å². The minimum atomic E-state index is -0.184. The molecule has 0 saturated heterocycles. The third-order valence-electron chi connectivity index (χ3n) is 14.2. The van der Waals surface area contributed by atoms with Crippen LogP contribution < -0.4 is 0 Å². The van der Waals surface area contributed by atoms with Crippen molar-refractivity contribution in [3.8, 4) is 55.6 Å². The molecule has 0 amide bonds. The first kappa shape index (κ1) is 31.4. The third kappa shape index (κ3) is 3.87. The molecule has 0 unspecified atom stereocenters. The van der Waals surface area contributed by atoms with Gasteiger partial charge in [0.05, 0.1) is 0 Å². The van der Waals surface area contributed by atoms with Crippen molar-refractivity contribution in [1.29, 1.82) is 0 Å². The lowest BCUT2D eigenvalue weighted by molar-refractivity contribution is 0.646. The van der Waals surface area contributed by atoms with Gasteiger partial charge in [-0.15, -0.1) is 0 Å². The summed E-state index contributed by atoms with van der Waals surface area (Å²) < 4.78 is 0. The maximum Gasteiger partial charge on any atom is 0.0159 e. The maximum atomic E-state index is 2.52. The van der Waals surface area contributed by atoms with Crippen molar-refractivity contribution >= 4 is 32.3 Å². The summed E-state index contributed by atoms with van der Waals surface area (Å²) in [6, 6.07) is 56.3. The molecule has 0 saturated carbocycles. The smallest absolute Gasteiger partial charge is 0.0159 e. The Morgan fingerprint density at radius 2 is 0.764 bits per heavy atom. The SMILES string of the molecule is CC1(C)c2ccccc2-c2cc(-c3ccc4c(c3)C(C)(C)c3cc5ccc(-c6ccc7c(c6)-c6ccccc6C7(C)C)c6ccc7ccc-4c3c7c56)ccc21. The van der Waals surface area contributed by atoms with Crippen LogP contribution in [0, 0.1) is 0 Å². The monoisotopic (exact) mass is 702 g/mol. The van der Waals surface area contributed by atoms with Crippen LogP contribution in [0.5, 0.6) is 0 Å². The van der Waals surface area contributed by atoms with Crippen LogP contribution in [-0.2, 0) is 16.2 Å². The summed E-state index contributed by atoms with van der Waals surface area (Å²) in [5.74, 6) is 0. The minimum absolute atomic E-state index is 0.00206. The number of hydrogen-bond donors (Lipinski definition) is 0. The molecule has 0 heterocycles. The fourth-order valence-electron chi connectivity index (χ4n) is 11.3. The van der Waals surface area contributed by atoms with E-state index in [0.29, 0.717) is 0 Å². The van der Waals surface area contributed by atoms with E-state index >= 15 is 0 Å². The Hall–Kier alpha value is -5.98. The Labute approximate surface area is 323 Å². The fourth-order valence-corrected chi connectivity index (χ4v) is 11.3. The van der Waals surface area contributed by atoms with Crippen molar-refractivity contribution < 1.29 is 0 Å². The molecule has 0 fully saturated rings. The normalized spacial score (nSPS) is 16.3. The van der Waals surface area contributed by atoms with Gasteiger partial charge >= 0.3 is 0 Å². The van der Waals surface area contributed by atoms with Crippen molar-refractivity contribution in [1.82, 2.24) is 0 Å². The zero-order valence-electron chi connectivity index (χ0n) is 32.4. The van der Waals surface area contributed by atoms with Gasteiger partial charge in [0.15, 0.2) is 0 Å². The molecular formula is C55H42. The molecule has 262 valence electrons. The van der Waals surface area contributed by atoms with Crippen LogP contribution >= 0.6 is 0 Å². The van der Waals surface area contributed by atoms with Gasteiger partial charge in [-0.25, -0.2) is 0 Å². The molecule has 0 radical (unpaired) electrons. The highest BCUT2D eigenvalue weighted by Gasteiger charge is 2.38. The number of hydrogen-bond acceptors (Lipinski definition) is 0. The van der Waals surface area contributed by atoms with E-state index in [9.17, 15) is 0 Å². The Morgan fingerprint density at radius 1 is 0.273 bits per heavy atom. The molecule has 12 rings (SSSR count). The third-order valence-corrected chi connectivity index (χ3v) is 14.2. The highest BCUT2D eigenvalue weighted by atomic mass is 14.4. The second-order valence-corrected chi connectivity index (χ2v) is 18.1. The first-order chi connectivity index (χ1) is 26.5. The first-order valence-electron chi connectivity index (χ1n) is 19.9. The zero-order valence-corrected chi connectivity index (χ0v) is 32.4. The molecule has 3 aliphatic carbocycles. The van der Waals surface area contributed by atoms with E-state index in [1.165, 1.54) is 121 Å². The standard InChI is InChI=1S/C55H42/c1-53(2)44-13-9-7-11-37(44)42-27-32(19-25-46(42)53)33-17-22-39-41-24-16-31-15-23-40-36(34-20-26-47-43(28-34)38-12-8-10-14-45(38)54(47,3)4)21-18-35-30-49(52(41)51(31)50(35)40)55(5,6)48(39)29-33/h7-30H,1-6H3. The largest absolute Gasteiger partial charge is 0.0619 e. The van der Waals surface area contributed by atoms with E-state index in [-0.39, 0.29) is 16.2 Å². The summed E-state index contributed by atoms with van der Waals surface area (Å²) in [7, 11) is 0. The van der Waals surface area contributed by atoms with Gasteiger partial charge in [0.25, 0.3) is 0 Å². The summed E-state index contributed by atoms with van der Waals surface area (Å²) in [5.41, 5.74) is 21.7. The second kappa shape index (κ2) is 10.2. The van der Waals surface area contributed by atoms with Crippen LogP contribution in [0.4, 0.5) is 0 Å². The minimum Gasteiger partial charge on any atom is -0.0619 e. The zero-order chi connectivity index (χ0) is 37.2. The van der Waals surface area contributed by atoms with Crippen LogP contribution in [0.3, 0.4) is 0 Å². The van der Waals surface area contributed by atoms with Crippen LogP contribution in [-0.4, -0.2) is 0 Å². The molecule has 0 spiro atoms. The highest BCUT2D eigenvalue weighted by Crippen LogP contribution is 2.55. The molecule has 55 heavy (non-hydrogen) atoms. The van der Waals surface area contributed by atoms with Crippen LogP contribution in [0.2, 0.25) is 0 Å². The van der Waals surface area contributed by atoms with Crippen LogP contribution in [0.1, 0.15) is 74.9 Å². The average molecular weight is 703 g/mol. The Balaban J connectivity index is 1.04. The summed E-state index contributed by atoms with van der Waals surface area (Å²) >= 11 is 0. The van der Waals surface area contributed by atoms with E-state index < -0.39 is 0 Å². The summed E-state index contributed by atoms with van der Waals surface area (Å²) in [4.78, 5) is 0. The maximum absolute atomic E-state index is 2.52. The molecule has 0 heteroatoms. The van der Waals surface area contributed by atoms with E-state index in [2.05, 4.69) is 187 Å². The molecule has 9 aromatic rings. The van der Waals surface area contributed by atoms with Gasteiger partial charge in [-0.1, -0.05) is 163 Å². The lowest BCUT2D eigenvalue weighted by Crippen LogP contribution is -2.24. The lowest BCUT2D eigenvalue weighted by atomic mass is 9.66. The molecule has 0 aromatic heterocycles. The van der Waals surface area contributed by atoms with E-state index in [1.807, 2.05) is 0 Å². The summed E-state index contributed by atoms with van der Waals surface area (Å²) in [5, 5.41) is 8.17. The van der Waals surface area contributed by atoms with Crippen molar-refractivity contribution in [2.75, 3.05) is 0 Å². The molecule has 0 N–H and O–H groups in total. The van der Waals surface area contributed by atoms with Crippen molar-refractivity contribution in [2.24, 2.45) is 0 Å². The summed E-state index contributed by atoms with van der Waals surface area (Å²) in [6.07, 6.45) is 0. The Kier molecular flexibility index (Phi) is 5.82.